The number of amides is 4. The maximum Gasteiger partial charge on any atom is 0.341 e. The molecule has 2 fully saturated rings. The number of nitrogens with one attached hydrogen (secondary N) is 1. The van der Waals surface area contributed by atoms with E-state index in [1.165, 1.54) is 0 Å². The first-order chi connectivity index (χ1) is 13.8. The Labute approximate surface area is 167 Å². The van der Waals surface area contributed by atoms with E-state index in [1.807, 2.05) is 10.7 Å². The van der Waals surface area contributed by atoms with Gasteiger partial charge in [0, 0.05) is 30.6 Å². The number of nitrogens with zero attached hydrogens (tertiary/aromatic N) is 6. The minimum Gasteiger partial charge on any atom is -0.336 e. The number of imide groups is 1. The molecule has 0 bridgehead atoms. The molecule has 0 aromatic carbocycles. The van der Waals surface area contributed by atoms with E-state index in [-0.39, 0.29) is 19.6 Å². The van der Waals surface area contributed by atoms with Gasteiger partial charge in [0.15, 0.2) is 0 Å². The van der Waals surface area contributed by atoms with Crippen molar-refractivity contribution in [2.24, 2.45) is 0 Å². The van der Waals surface area contributed by atoms with Crippen molar-refractivity contribution in [2.45, 2.75) is 25.3 Å². The summed E-state index contributed by atoms with van der Waals surface area (Å²) in [5.74, 6) is 0.451. The standard InChI is InChI=1S/C17H21N7O4S/c1-29(27,28)24-9-8-22(17(24)26)16(25)20-6-7-23-15(12-2-3-12)10-13(21-23)14-11-18-4-5-19-14/h4-5,10-12H,2-3,6-9H2,1H3,(H,20,25). The number of carbonyl (C=O) groups excluding carboxylic acids is 2. The van der Waals surface area contributed by atoms with Gasteiger partial charge in [-0.15, -0.1) is 0 Å². The zero-order valence-corrected chi connectivity index (χ0v) is 16.7. The largest absolute Gasteiger partial charge is 0.341 e. The summed E-state index contributed by atoms with van der Waals surface area (Å²) in [6.45, 7) is 0.680. The second-order valence-electron chi connectivity index (χ2n) is 7.04. The Balaban J connectivity index is 1.39. The van der Waals surface area contributed by atoms with E-state index in [9.17, 15) is 18.0 Å². The fraction of sp³-hybridized carbons (Fsp3) is 0.471. The van der Waals surface area contributed by atoms with E-state index < -0.39 is 22.1 Å². The highest BCUT2D eigenvalue weighted by molar-refractivity contribution is 7.88. The van der Waals surface area contributed by atoms with E-state index in [0.717, 1.165) is 35.4 Å². The highest BCUT2D eigenvalue weighted by Gasteiger charge is 2.38. The molecule has 4 rings (SSSR count). The quantitative estimate of drug-likeness (QED) is 0.726. The third-order valence-corrected chi connectivity index (χ3v) is 5.99. The summed E-state index contributed by atoms with van der Waals surface area (Å²) in [6, 6.07) is 0.556. The topological polar surface area (TPSA) is 130 Å². The van der Waals surface area contributed by atoms with Crippen LogP contribution in [0.2, 0.25) is 0 Å². The van der Waals surface area contributed by atoms with Crippen molar-refractivity contribution >= 4 is 22.1 Å². The molecular weight excluding hydrogens is 398 g/mol. The molecule has 11 nitrogen and oxygen atoms in total. The first-order valence-corrected chi connectivity index (χ1v) is 11.1. The van der Waals surface area contributed by atoms with Crippen LogP contribution in [-0.4, -0.2) is 75.3 Å². The van der Waals surface area contributed by atoms with E-state index in [4.69, 9.17) is 0 Å². The van der Waals surface area contributed by atoms with Gasteiger partial charge in [0.25, 0.3) is 0 Å². The summed E-state index contributed by atoms with van der Waals surface area (Å²) in [6.07, 6.45) is 8.00. The van der Waals surface area contributed by atoms with Gasteiger partial charge in [-0.05, 0) is 18.9 Å². The molecule has 0 atom stereocenters. The minimum atomic E-state index is -3.68. The molecule has 154 valence electrons. The highest BCUT2D eigenvalue weighted by atomic mass is 32.2. The van der Waals surface area contributed by atoms with Gasteiger partial charge in [-0.2, -0.15) is 5.10 Å². The maximum absolute atomic E-state index is 12.3. The lowest BCUT2D eigenvalue weighted by atomic mass is 10.2. The average molecular weight is 419 g/mol. The van der Waals surface area contributed by atoms with Crippen molar-refractivity contribution < 1.29 is 18.0 Å². The zero-order chi connectivity index (χ0) is 20.6. The normalized spacial score (nSPS) is 17.1. The first-order valence-electron chi connectivity index (χ1n) is 9.26. The van der Waals surface area contributed by atoms with Crippen LogP contribution in [0.3, 0.4) is 0 Å². The molecule has 1 aliphatic carbocycles. The van der Waals surface area contributed by atoms with E-state index in [2.05, 4.69) is 20.4 Å². The van der Waals surface area contributed by atoms with Gasteiger partial charge < -0.3 is 5.32 Å². The Morgan fingerprint density at radius 1 is 1.24 bits per heavy atom. The summed E-state index contributed by atoms with van der Waals surface area (Å²) < 4.78 is 25.7. The molecule has 3 heterocycles. The predicted octanol–water partition coefficient (Wildman–Crippen LogP) is 0.624. The molecule has 2 aromatic heterocycles. The van der Waals surface area contributed by atoms with Crippen molar-refractivity contribution in [2.75, 3.05) is 25.9 Å². The fourth-order valence-corrected chi connectivity index (χ4v) is 4.05. The second-order valence-corrected chi connectivity index (χ2v) is 8.95. The summed E-state index contributed by atoms with van der Waals surface area (Å²) in [4.78, 5) is 33.7. The van der Waals surface area contributed by atoms with Crippen LogP contribution in [0, 0.1) is 0 Å². The Hall–Kier alpha value is -3.02. The van der Waals surface area contributed by atoms with Crippen LogP contribution in [-0.2, 0) is 16.6 Å². The van der Waals surface area contributed by atoms with Crippen LogP contribution in [0.25, 0.3) is 11.4 Å². The van der Waals surface area contributed by atoms with Crippen LogP contribution in [0.4, 0.5) is 9.59 Å². The summed E-state index contributed by atoms with van der Waals surface area (Å²) >= 11 is 0. The number of urea groups is 2. The molecule has 2 aliphatic rings. The molecule has 1 saturated heterocycles. The molecule has 0 unspecified atom stereocenters. The molecule has 1 N–H and O–H groups in total. The number of aromatic nitrogens is 4. The third kappa shape index (κ3) is 4.06. The molecule has 4 amide bonds. The Bertz CT molecular complexity index is 1030. The molecule has 1 saturated carbocycles. The fourth-order valence-electron chi connectivity index (χ4n) is 3.25. The summed E-state index contributed by atoms with van der Waals surface area (Å²) in [5.41, 5.74) is 2.49. The predicted molar refractivity (Wildman–Crippen MR) is 102 cm³/mol. The Morgan fingerprint density at radius 2 is 2.03 bits per heavy atom. The minimum absolute atomic E-state index is 0.0302. The molecule has 0 spiro atoms. The van der Waals surface area contributed by atoms with Crippen molar-refractivity contribution in [1.82, 2.24) is 34.3 Å². The molecule has 1 aliphatic heterocycles. The molecule has 0 radical (unpaired) electrons. The average Bonchev–Trinajstić information content (AvgIpc) is 3.31. The van der Waals surface area contributed by atoms with Gasteiger partial charge >= 0.3 is 12.1 Å². The lowest BCUT2D eigenvalue weighted by Crippen LogP contribution is -2.44. The summed E-state index contributed by atoms with van der Waals surface area (Å²) in [7, 11) is -3.68. The lowest BCUT2D eigenvalue weighted by Gasteiger charge is -2.16. The van der Waals surface area contributed by atoms with Crippen molar-refractivity contribution in [1.29, 1.82) is 0 Å². The number of rotatable bonds is 6. The molecular formula is C17H21N7O4S. The third-order valence-electron chi connectivity index (χ3n) is 4.85. The van der Waals surface area contributed by atoms with Crippen LogP contribution >= 0.6 is 0 Å². The maximum atomic E-state index is 12.3. The van der Waals surface area contributed by atoms with Gasteiger partial charge in [-0.1, -0.05) is 0 Å². The van der Waals surface area contributed by atoms with Gasteiger partial charge in [-0.3, -0.25) is 14.6 Å². The second kappa shape index (κ2) is 7.43. The molecule has 12 heteroatoms. The van der Waals surface area contributed by atoms with Crippen LogP contribution in [0.1, 0.15) is 24.5 Å². The van der Waals surface area contributed by atoms with Gasteiger partial charge in [-0.25, -0.2) is 27.2 Å². The smallest absolute Gasteiger partial charge is 0.336 e. The van der Waals surface area contributed by atoms with Crippen molar-refractivity contribution in [3.63, 3.8) is 0 Å². The van der Waals surface area contributed by atoms with Gasteiger partial charge in [0.1, 0.15) is 11.4 Å². The number of hydrogen-bond donors (Lipinski definition) is 1. The monoisotopic (exact) mass is 419 g/mol. The van der Waals surface area contributed by atoms with Crippen molar-refractivity contribution in [3.8, 4) is 11.4 Å². The van der Waals surface area contributed by atoms with Crippen LogP contribution < -0.4 is 5.32 Å². The van der Waals surface area contributed by atoms with Crippen LogP contribution in [0.15, 0.2) is 24.7 Å². The lowest BCUT2D eigenvalue weighted by molar-refractivity contribution is 0.193. The molecule has 29 heavy (non-hydrogen) atoms. The highest BCUT2D eigenvalue weighted by Crippen LogP contribution is 2.41. The first kappa shape index (κ1) is 19.3. The zero-order valence-electron chi connectivity index (χ0n) is 15.9. The Morgan fingerprint density at radius 3 is 2.66 bits per heavy atom. The van der Waals surface area contributed by atoms with Crippen LogP contribution in [0.5, 0.6) is 0 Å². The van der Waals surface area contributed by atoms with Gasteiger partial charge in [0.2, 0.25) is 10.0 Å². The van der Waals surface area contributed by atoms with E-state index >= 15 is 0 Å². The SMILES string of the molecule is CS(=O)(=O)N1CCN(C(=O)NCCn2nc(-c3cnccn3)cc2C2CC2)C1=O. The number of sulfonamides is 1. The molecule has 2 aromatic rings. The van der Waals surface area contributed by atoms with Crippen molar-refractivity contribution in [3.05, 3.63) is 30.4 Å². The van der Waals surface area contributed by atoms with Gasteiger partial charge in [0.05, 0.1) is 32.1 Å². The summed E-state index contributed by atoms with van der Waals surface area (Å²) in [5, 5.41) is 7.26. The number of hydrogen-bond acceptors (Lipinski definition) is 7. The Kier molecular flexibility index (Phi) is 4.94. The van der Waals surface area contributed by atoms with E-state index in [1.54, 1.807) is 18.6 Å². The van der Waals surface area contributed by atoms with E-state index in [0.29, 0.717) is 22.5 Å². The number of carbonyl (C=O) groups is 2.